The van der Waals surface area contributed by atoms with E-state index in [0.717, 1.165) is 42.5 Å². The van der Waals surface area contributed by atoms with Crippen LogP contribution in [0.5, 0.6) is 5.75 Å². The number of likely N-dealkylation sites (tertiary alicyclic amines) is 1. The molecule has 1 saturated heterocycles. The third kappa shape index (κ3) is 4.56. The van der Waals surface area contributed by atoms with Gasteiger partial charge in [0.25, 0.3) is 0 Å². The molecule has 1 fully saturated rings. The van der Waals surface area contributed by atoms with Crippen molar-refractivity contribution in [1.82, 2.24) is 4.90 Å². The number of amides is 1. The normalized spacial score (nSPS) is 16.0. The quantitative estimate of drug-likeness (QED) is 0.671. The van der Waals surface area contributed by atoms with Crippen molar-refractivity contribution in [2.75, 3.05) is 31.2 Å². The molecule has 1 heterocycles. The van der Waals surface area contributed by atoms with E-state index in [0.29, 0.717) is 18.0 Å². The van der Waals surface area contributed by atoms with Gasteiger partial charge in [-0.15, -0.1) is 11.8 Å². The molecule has 0 unspecified atom stereocenters. The summed E-state index contributed by atoms with van der Waals surface area (Å²) < 4.78 is 5.47. The molecule has 0 aromatic heterocycles. The van der Waals surface area contributed by atoms with Crippen LogP contribution in [0.25, 0.3) is 0 Å². The van der Waals surface area contributed by atoms with E-state index >= 15 is 0 Å². The maximum Gasteiger partial charge on any atom is 0.232 e. The van der Waals surface area contributed by atoms with Crippen LogP contribution in [0, 0.1) is 5.92 Å². The fourth-order valence-electron chi connectivity index (χ4n) is 2.38. The number of nitrogen functional groups attached to an aromatic ring is 1. The zero-order chi connectivity index (χ0) is 15.2. The van der Waals surface area contributed by atoms with Gasteiger partial charge >= 0.3 is 0 Å². The Kier molecular flexibility index (Phi) is 5.79. The minimum atomic E-state index is 0.202. The van der Waals surface area contributed by atoms with Gasteiger partial charge in [-0.3, -0.25) is 4.79 Å². The molecule has 21 heavy (non-hydrogen) atoms. The predicted octanol–water partition coefficient (Wildman–Crippen LogP) is 3.02. The monoisotopic (exact) mass is 308 g/mol. The van der Waals surface area contributed by atoms with E-state index in [1.54, 1.807) is 0 Å². The second kappa shape index (κ2) is 7.59. The van der Waals surface area contributed by atoms with Gasteiger partial charge in [-0.2, -0.15) is 0 Å². The van der Waals surface area contributed by atoms with Crippen LogP contribution in [0.2, 0.25) is 0 Å². The Hall–Kier alpha value is -1.36. The number of hydrogen-bond donors (Lipinski definition) is 1. The van der Waals surface area contributed by atoms with E-state index in [1.165, 1.54) is 11.8 Å². The summed E-state index contributed by atoms with van der Waals surface area (Å²) in [5, 5.41) is 0. The summed E-state index contributed by atoms with van der Waals surface area (Å²) >= 11 is 1.49. The highest BCUT2D eigenvalue weighted by Gasteiger charge is 2.20. The van der Waals surface area contributed by atoms with Gasteiger partial charge in [0.2, 0.25) is 5.91 Å². The molecule has 116 valence electrons. The van der Waals surface area contributed by atoms with Crippen LogP contribution in [0.1, 0.15) is 26.7 Å². The lowest BCUT2D eigenvalue weighted by molar-refractivity contribution is -0.129. The number of nitrogens with two attached hydrogens (primary N) is 1. The Morgan fingerprint density at radius 1 is 1.43 bits per heavy atom. The lowest BCUT2D eigenvalue weighted by atomic mass is 9.99. The van der Waals surface area contributed by atoms with Gasteiger partial charge in [-0.25, -0.2) is 0 Å². The minimum Gasteiger partial charge on any atom is -0.494 e. The number of rotatable bonds is 5. The van der Waals surface area contributed by atoms with Crippen LogP contribution in [-0.4, -0.2) is 36.3 Å². The average Bonchev–Trinajstić information content (AvgIpc) is 2.48. The van der Waals surface area contributed by atoms with Gasteiger partial charge in [-0.1, -0.05) is 6.92 Å². The van der Waals surface area contributed by atoms with Crippen LogP contribution in [0.3, 0.4) is 0 Å². The molecule has 1 aromatic carbocycles. The molecule has 0 spiro atoms. The van der Waals surface area contributed by atoms with Crippen molar-refractivity contribution in [1.29, 1.82) is 0 Å². The second-order valence-electron chi connectivity index (χ2n) is 5.48. The second-order valence-corrected chi connectivity index (χ2v) is 6.50. The third-order valence-corrected chi connectivity index (χ3v) is 4.84. The Balaban J connectivity index is 1.90. The van der Waals surface area contributed by atoms with Gasteiger partial charge in [0, 0.05) is 23.7 Å². The maximum atomic E-state index is 12.2. The minimum absolute atomic E-state index is 0.202. The van der Waals surface area contributed by atoms with Gasteiger partial charge in [0.1, 0.15) is 5.75 Å². The van der Waals surface area contributed by atoms with E-state index < -0.39 is 0 Å². The summed E-state index contributed by atoms with van der Waals surface area (Å²) in [4.78, 5) is 15.1. The maximum absolute atomic E-state index is 12.2. The van der Waals surface area contributed by atoms with Crippen LogP contribution in [-0.2, 0) is 4.79 Å². The Bertz CT molecular complexity index is 485. The molecule has 1 aromatic rings. The van der Waals surface area contributed by atoms with Crippen LogP contribution in [0.15, 0.2) is 23.1 Å². The van der Waals surface area contributed by atoms with E-state index in [1.807, 2.05) is 30.0 Å². The van der Waals surface area contributed by atoms with Crippen LogP contribution >= 0.6 is 11.8 Å². The topological polar surface area (TPSA) is 55.6 Å². The Morgan fingerprint density at radius 2 is 2.14 bits per heavy atom. The van der Waals surface area contributed by atoms with Crippen molar-refractivity contribution in [3.05, 3.63) is 18.2 Å². The first-order valence-electron chi connectivity index (χ1n) is 7.53. The number of thioether (sulfide) groups is 1. The first kappa shape index (κ1) is 16.0. The van der Waals surface area contributed by atoms with Crippen molar-refractivity contribution < 1.29 is 9.53 Å². The Morgan fingerprint density at radius 3 is 2.81 bits per heavy atom. The summed E-state index contributed by atoms with van der Waals surface area (Å²) in [5.41, 5.74) is 6.66. The van der Waals surface area contributed by atoms with Gasteiger partial charge < -0.3 is 15.4 Å². The molecule has 2 rings (SSSR count). The SMILES string of the molecule is CCOc1ccc(N)c(SCC(=O)N2CCC(C)CC2)c1. The summed E-state index contributed by atoms with van der Waals surface area (Å²) in [6, 6.07) is 5.60. The van der Waals surface area contributed by atoms with Crippen molar-refractivity contribution in [3.8, 4) is 5.75 Å². The lowest BCUT2D eigenvalue weighted by Crippen LogP contribution is -2.38. The summed E-state index contributed by atoms with van der Waals surface area (Å²) in [6.07, 6.45) is 2.22. The molecule has 5 heteroatoms. The standard InChI is InChI=1S/C16H24N2O2S/c1-3-20-13-4-5-14(17)15(10-13)21-11-16(19)18-8-6-12(2)7-9-18/h4-5,10,12H,3,6-9,11,17H2,1-2H3. The molecule has 1 aliphatic rings. The molecule has 0 atom stereocenters. The molecule has 0 aliphatic carbocycles. The molecule has 0 bridgehead atoms. The van der Waals surface area contributed by atoms with Crippen LogP contribution < -0.4 is 10.5 Å². The number of hydrogen-bond acceptors (Lipinski definition) is 4. The van der Waals surface area contributed by atoms with Gasteiger partial charge in [-0.05, 0) is 43.9 Å². The summed E-state index contributed by atoms with van der Waals surface area (Å²) in [5.74, 6) is 2.18. The highest BCUT2D eigenvalue weighted by atomic mass is 32.2. The number of nitrogens with zero attached hydrogens (tertiary/aromatic N) is 1. The lowest BCUT2D eigenvalue weighted by Gasteiger charge is -2.30. The molecule has 1 amide bonds. The van der Waals surface area contributed by atoms with E-state index in [2.05, 4.69) is 6.92 Å². The molecule has 4 nitrogen and oxygen atoms in total. The number of carbonyl (C=O) groups is 1. The number of benzene rings is 1. The van der Waals surface area contributed by atoms with E-state index in [9.17, 15) is 4.79 Å². The van der Waals surface area contributed by atoms with Crippen molar-refractivity contribution in [2.45, 2.75) is 31.6 Å². The van der Waals surface area contributed by atoms with E-state index in [4.69, 9.17) is 10.5 Å². The molecule has 1 aliphatic heterocycles. The van der Waals surface area contributed by atoms with Crippen molar-refractivity contribution >= 4 is 23.4 Å². The Labute approximate surface area is 131 Å². The molecule has 0 saturated carbocycles. The zero-order valence-corrected chi connectivity index (χ0v) is 13.6. The van der Waals surface area contributed by atoms with Crippen molar-refractivity contribution in [3.63, 3.8) is 0 Å². The highest BCUT2D eigenvalue weighted by molar-refractivity contribution is 8.00. The van der Waals surface area contributed by atoms with Crippen molar-refractivity contribution in [2.24, 2.45) is 5.92 Å². The largest absolute Gasteiger partial charge is 0.494 e. The summed E-state index contributed by atoms with van der Waals surface area (Å²) in [6.45, 7) is 6.59. The van der Waals surface area contributed by atoms with E-state index in [-0.39, 0.29) is 5.91 Å². The first-order valence-corrected chi connectivity index (χ1v) is 8.51. The zero-order valence-electron chi connectivity index (χ0n) is 12.8. The highest BCUT2D eigenvalue weighted by Crippen LogP contribution is 2.29. The molecular weight excluding hydrogens is 284 g/mol. The first-order chi connectivity index (χ1) is 10.1. The fourth-order valence-corrected chi connectivity index (χ4v) is 3.28. The van der Waals surface area contributed by atoms with Crippen LogP contribution in [0.4, 0.5) is 5.69 Å². The molecule has 0 radical (unpaired) electrons. The third-order valence-electron chi connectivity index (χ3n) is 3.78. The number of anilines is 1. The predicted molar refractivity (Wildman–Crippen MR) is 87.7 cm³/mol. The number of piperidine rings is 1. The smallest absolute Gasteiger partial charge is 0.232 e. The van der Waals surface area contributed by atoms with Gasteiger partial charge in [0.05, 0.1) is 12.4 Å². The average molecular weight is 308 g/mol. The summed E-state index contributed by atoms with van der Waals surface area (Å²) in [7, 11) is 0. The molecular formula is C16H24N2O2S. The molecule has 2 N–H and O–H groups in total. The number of carbonyl (C=O) groups excluding carboxylic acids is 1. The van der Waals surface area contributed by atoms with Gasteiger partial charge in [0.15, 0.2) is 0 Å². The number of ether oxygens (including phenoxy) is 1. The fraction of sp³-hybridized carbons (Fsp3) is 0.562.